The fourth-order valence-corrected chi connectivity index (χ4v) is 2.96. The van der Waals surface area contributed by atoms with Crippen molar-refractivity contribution in [3.8, 4) is 0 Å². The number of nitrogens with two attached hydrogens (primary N) is 2. The number of rotatable bonds is 7. The Morgan fingerprint density at radius 2 is 1.96 bits per heavy atom. The second kappa shape index (κ2) is 7.49. The Kier molecular flexibility index (Phi) is 5.31. The summed E-state index contributed by atoms with van der Waals surface area (Å²) in [5, 5.41) is 9.58. The van der Waals surface area contributed by atoms with E-state index in [1.54, 1.807) is 4.90 Å². The van der Waals surface area contributed by atoms with Crippen molar-refractivity contribution in [2.75, 3.05) is 18.0 Å². The van der Waals surface area contributed by atoms with E-state index in [0.717, 1.165) is 36.5 Å². The van der Waals surface area contributed by atoms with Gasteiger partial charge in [-0.15, -0.1) is 0 Å². The van der Waals surface area contributed by atoms with Crippen LogP contribution in [0.4, 0.5) is 10.5 Å². The molecule has 0 radical (unpaired) electrons. The molecule has 140 valence electrons. The smallest absolute Gasteiger partial charge is 0.327 e. The van der Waals surface area contributed by atoms with Crippen molar-refractivity contribution in [3.63, 3.8) is 0 Å². The highest BCUT2D eigenvalue weighted by Gasteiger charge is 2.34. The van der Waals surface area contributed by atoms with Crippen LogP contribution in [0.15, 0.2) is 47.8 Å². The predicted molar refractivity (Wildman–Crippen MR) is 104 cm³/mol. The molecule has 7 N–H and O–H groups in total. The van der Waals surface area contributed by atoms with E-state index in [1.807, 2.05) is 50.4 Å². The molecule has 0 spiro atoms. The molecule has 0 saturated heterocycles. The van der Waals surface area contributed by atoms with Gasteiger partial charge in [0.05, 0.1) is 11.2 Å². The Morgan fingerprint density at radius 3 is 2.62 bits per heavy atom. The van der Waals surface area contributed by atoms with Gasteiger partial charge in [-0.2, -0.15) is 0 Å². The predicted octanol–water partition coefficient (Wildman–Crippen LogP) is 1.09. The molecule has 0 fully saturated rings. The number of hydrogen-bond acceptors (Lipinski definition) is 5. The zero-order valence-corrected chi connectivity index (χ0v) is 15.4. The SMILES string of the molecule is CC(C)(N)C1=CC2=CN(c3ccc(CNCCCN)cc3)C(=O)NC2N1. The zero-order valence-electron chi connectivity index (χ0n) is 15.4. The molecule has 0 saturated carbocycles. The van der Waals surface area contributed by atoms with E-state index in [1.165, 1.54) is 5.56 Å². The highest BCUT2D eigenvalue weighted by atomic mass is 16.2. The lowest BCUT2D eigenvalue weighted by atomic mass is 10.0. The second-order valence-corrected chi connectivity index (χ2v) is 7.29. The third-order valence-corrected chi connectivity index (χ3v) is 4.50. The number of anilines is 1. The molecular formula is C19H28N6O. The summed E-state index contributed by atoms with van der Waals surface area (Å²) in [6, 6.07) is 7.80. The molecule has 2 aliphatic rings. The van der Waals surface area contributed by atoms with Crippen molar-refractivity contribution in [3.05, 3.63) is 53.4 Å². The second-order valence-electron chi connectivity index (χ2n) is 7.29. The zero-order chi connectivity index (χ0) is 18.7. The first-order valence-corrected chi connectivity index (χ1v) is 8.97. The Labute approximate surface area is 154 Å². The Balaban J connectivity index is 1.71. The summed E-state index contributed by atoms with van der Waals surface area (Å²) >= 11 is 0. The number of fused-ring (bicyclic) bond motifs is 1. The number of benzene rings is 1. The Morgan fingerprint density at radius 1 is 1.23 bits per heavy atom. The van der Waals surface area contributed by atoms with Crippen molar-refractivity contribution >= 4 is 11.7 Å². The van der Waals surface area contributed by atoms with Crippen LogP contribution in [0.2, 0.25) is 0 Å². The van der Waals surface area contributed by atoms with Gasteiger partial charge < -0.3 is 27.4 Å². The summed E-state index contributed by atoms with van der Waals surface area (Å²) in [4.78, 5) is 14.1. The van der Waals surface area contributed by atoms with Crippen LogP contribution in [0.5, 0.6) is 0 Å². The van der Waals surface area contributed by atoms with Crippen LogP contribution in [0.1, 0.15) is 25.8 Å². The van der Waals surface area contributed by atoms with Crippen LogP contribution in [-0.2, 0) is 6.54 Å². The van der Waals surface area contributed by atoms with Gasteiger partial charge in [0, 0.05) is 24.0 Å². The van der Waals surface area contributed by atoms with Crippen molar-refractivity contribution in [1.82, 2.24) is 16.0 Å². The minimum Gasteiger partial charge on any atom is -0.363 e. The van der Waals surface area contributed by atoms with Crippen LogP contribution >= 0.6 is 0 Å². The van der Waals surface area contributed by atoms with E-state index in [9.17, 15) is 4.79 Å². The van der Waals surface area contributed by atoms with Gasteiger partial charge in [0.1, 0.15) is 6.17 Å². The average Bonchev–Trinajstić information content (AvgIpc) is 3.02. The fourth-order valence-electron chi connectivity index (χ4n) is 2.96. The summed E-state index contributed by atoms with van der Waals surface area (Å²) in [5.41, 5.74) is 15.1. The molecule has 26 heavy (non-hydrogen) atoms. The maximum Gasteiger partial charge on any atom is 0.327 e. The minimum absolute atomic E-state index is 0.162. The van der Waals surface area contributed by atoms with E-state index >= 15 is 0 Å². The van der Waals surface area contributed by atoms with E-state index in [4.69, 9.17) is 11.5 Å². The van der Waals surface area contributed by atoms with Crippen LogP contribution < -0.4 is 32.3 Å². The topological polar surface area (TPSA) is 108 Å². The molecule has 2 heterocycles. The normalized spacial score (nSPS) is 19.5. The highest BCUT2D eigenvalue weighted by molar-refractivity contribution is 5.96. The summed E-state index contributed by atoms with van der Waals surface area (Å²) in [6.45, 7) is 6.25. The van der Waals surface area contributed by atoms with Crippen molar-refractivity contribution in [2.24, 2.45) is 11.5 Å². The number of carbonyl (C=O) groups is 1. The summed E-state index contributed by atoms with van der Waals surface area (Å²) in [6.07, 6.45) is 4.61. The molecule has 1 aromatic carbocycles. The summed E-state index contributed by atoms with van der Waals surface area (Å²) in [5.74, 6) is 0. The quantitative estimate of drug-likeness (QED) is 0.470. The van der Waals surface area contributed by atoms with Gasteiger partial charge in [-0.3, -0.25) is 4.90 Å². The van der Waals surface area contributed by atoms with Gasteiger partial charge in [-0.25, -0.2) is 4.79 Å². The number of urea groups is 1. The monoisotopic (exact) mass is 356 g/mol. The molecular weight excluding hydrogens is 328 g/mol. The van der Waals surface area contributed by atoms with Crippen LogP contribution in [0.3, 0.4) is 0 Å². The largest absolute Gasteiger partial charge is 0.363 e. The molecule has 1 aromatic rings. The fraction of sp³-hybridized carbons (Fsp3) is 0.421. The third kappa shape index (κ3) is 4.07. The van der Waals surface area contributed by atoms with Gasteiger partial charge in [0.15, 0.2) is 0 Å². The minimum atomic E-state index is -0.480. The molecule has 0 aromatic heterocycles. The molecule has 2 aliphatic heterocycles. The average molecular weight is 356 g/mol. The van der Waals surface area contributed by atoms with Gasteiger partial charge in [-0.05, 0) is 57.1 Å². The molecule has 0 bridgehead atoms. The highest BCUT2D eigenvalue weighted by Crippen LogP contribution is 2.27. The lowest BCUT2D eigenvalue weighted by molar-refractivity contribution is 0.243. The van der Waals surface area contributed by atoms with Crippen LogP contribution in [0, 0.1) is 0 Å². The van der Waals surface area contributed by atoms with Crippen LogP contribution in [-0.4, -0.2) is 30.8 Å². The molecule has 3 rings (SSSR count). The first-order valence-electron chi connectivity index (χ1n) is 8.97. The lowest BCUT2D eigenvalue weighted by Gasteiger charge is -2.30. The Bertz CT molecular complexity index is 717. The van der Waals surface area contributed by atoms with Gasteiger partial charge in [-0.1, -0.05) is 12.1 Å². The number of carbonyl (C=O) groups excluding carboxylic acids is 1. The molecule has 7 heteroatoms. The standard InChI is InChI=1S/C19H28N6O/c1-19(2,21)16-10-14-12-25(18(26)24-17(14)23-16)15-6-4-13(5-7-15)11-22-9-3-8-20/h4-7,10,12,17,22-23H,3,8-9,11,20-21H2,1-2H3,(H,24,26). The van der Waals surface area contributed by atoms with Gasteiger partial charge >= 0.3 is 6.03 Å². The number of nitrogens with zero attached hydrogens (tertiary/aromatic N) is 1. The van der Waals surface area contributed by atoms with E-state index < -0.39 is 5.54 Å². The van der Waals surface area contributed by atoms with Crippen molar-refractivity contribution < 1.29 is 4.79 Å². The van der Waals surface area contributed by atoms with Crippen molar-refractivity contribution in [1.29, 1.82) is 0 Å². The molecule has 0 aliphatic carbocycles. The maximum atomic E-state index is 12.5. The van der Waals surface area contributed by atoms with Crippen LogP contribution in [0.25, 0.3) is 0 Å². The number of nitrogens with one attached hydrogen (secondary N) is 3. The Hall–Kier alpha value is -2.35. The summed E-state index contributed by atoms with van der Waals surface area (Å²) < 4.78 is 0. The van der Waals surface area contributed by atoms with Gasteiger partial charge in [0.2, 0.25) is 0 Å². The lowest BCUT2D eigenvalue weighted by Crippen LogP contribution is -2.53. The third-order valence-electron chi connectivity index (χ3n) is 4.50. The van der Waals surface area contributed by atoms with E-state index in [0.29, 0.717) is 6.54 Å². The number of amides is 2. The number of hydrogen-bond donors (Lipinski definition) is 5. The molecule has 7 nitrogen and oxygen atoms in total. The van der Waals surface area contributed by atoms with Crippen molar-refractivity contribution in [2.45, 2.75) is 38.5 Å². The molecule has 2 amide bonds. The first kappa shape index (κ1) is 18.4. The maximum absolute atomic E-state index is 12.5. The summed E-state index contributed by atoms with van der Waals surface area (Å²) in [7, 11) is 0. The first-order chi connectivity index (χ1) is 12.4. The van der Waals surface area contributed by atoms with E-state index in [2.05, 4.69) is 16.0 Å². The molecule has 1 unspecified atom stereocenters. The van der Waals surface area contributed by atoms with Gasteiger partial charge in [0.25, 0.3) is 0 Å². The molecule has 1 atom stereocenters. The van der Waals surface area contributed by atoms with E-state index in [-0.39, 0.29) is 12.2 Å².